The van der Waals surface area contributed by atoms with E-state index in [-0.39, 0.29) is 18.6 Å². The maximum absolute atomic E-state index is 12.4. The highest BCUT2D eigenvalue weighted by atomic mass is 16.6. The Morgan fingerprint density at radius 3 is 2.77 bits per heavy atom. The molecule has 0 bridgehead atoms. The summed E-state index contributed by atoms with van der Waals surface area (Å²) in [5.41, 5.74) is 0. The Kier molecular flexibility index (Phi) is 3.66. The molecule has 5 nitrogen and oxygen atoms in total. The number of fused-ring (bicyclic) bond motifs is 1. The lowest BCUT2D eigenvalue weighted by molar-refractivity contribution is -0.132. The highest BCUT2D eigenvalue weighted by Crippen LogP contribution is 2.38. The molecule has 1 amide bonds. The third kappa shape index (κ3) is 2.90. The zero-order chi connectivity index (χ0) is 14.9. The van der Waals surface area contributed by atoms with Crippen molar-refractivity contribution >= 4 is 5.91 Å². The predicted molar refractivity (Wildman–Crippen MR) is 80.0 cm³/mol. The number of amides is 1. The van der Waals surface area contributed by atoms with Gasteiger partial charge in [0.25, 0.3) is 5.91 Å². The SMILES string of the molecule is O=C(N[C@@H]1CCO[C@@H](C2CC2)C1)[C@H]1COc2ccccc2O1. The van der Waals surface area contributed by atoms with Crippen molar-refractivity contribution in [2.45, 2.75) is 43.9 Å². The summed E-state index contributed by atoms with van der Waals surface area (Å²) < 4.78 is 17.2. The molecule has 3 atom stereocenters. The smallest absolute Gasteiger partial charge is 0.264 e. The monoisotopic (exact) mass is 303 g/mol. The van der Waals surface area contributed by atoms with E-state index in [1.54, 1.807) is 0 Å². The minimum atomic E-state index is -0.572. The van der Waals surface area contributed by atoms with E-state index in [0.717, 1.165) is 19.4 Å². The molecule has 118 valence electrons. The molecular weight excluding hydrogens is 282 g/mol. The molecule has 22 heavy (non-hydrogen) atoms. The first kappa shape index (κ1) is 13.9. The van der Waals surface area contributed by atoms with E-state index in [1.165, 1.54) is 12.8 Å². The normalized spacial score (nSPS) is 30.6. The van der Waals surface area contributed by atoms with Crippen LogP contribution >= 0.6 is 0 Å². The summed E-state index contributed by atoms with van der Waals surface area (Å²) >= 11 is 0. The fourth-order valence-corrected chi connectivity index (χ4v) is 3.20. The van der Waals surface area contributed by atoms with E-state index in [0.29, 0.717) is 23.5 Å². The molecule has 1 saturated heterocycles. The molecule has 3 aliphatic rings. The highest BCUT2D eigenvalue weighted by Gasteiger charge is 2.37. The molecule has 2 aliphatic heterocycles. The number of carbonyl (C=O) groups is 1. The van der Waals surface area contributed by atoms with Crippen molar-refractivity contribution in [2.24, 2.45) is 5.92 Å². The summed E-state index contributed by atoms with van der Waals surface area (Å²) in [7, 11) is 0. The van der Waals surface area contributed by atoms with Crippen molar-refractivity contribution in [3.63, 3.8) is 0 Å². The number of carbonyl (C=O) groups excluding carboxylic acids is 1. The number of ether oxygens (including phenoxy) is 3. The van der Waals surface area contributed by atoms with Crippen LogP contribution in [-0.4, -0.2) is 37.4 Å². The molecular formula is C17H21NO4. The lowest BCUT2D eigenvalue weighted by Crippen LogP contribution is -2.50. The molecule has 1 aromatic carbocycles. The van der Waals surface area contributed by atoms with E-state index in [2.05, 4.69) is 5.32 Å². The van der Waals surface area contributed by atoms with Gasteiger partial charge in [0.15, 0.2) is 11.5 Å². The van der Waals surface area contributed by atoms with Gasteiger partial charge in [0.1, 0.15) is 6.61 Å². The van der Waals surface area contributed by atoms with Crippen molar-refractivity contribution < 1.29 is 19.0 Å². The van der Waals surface area contributed by atoms with E-state index in [1.807, 2.05) is 24.3 Å². The van der Waals surface area contributed by atoms with Gasteiger partial charge in [0.05, 0.1) is 6.10 Å². The Morgan fingerprint density at radius 1 is 1.14 bits per heavy atom. The fourth-order valence-electron chi connectivity index (χ4n) is 3.20. The molecule has 1 aromatic rings. The van der Waals surface area contributed by atoms with Crippen LogP contribution in [0.2, 0.25) is 0 Å². The van der Waals surface area contributed by atoms with Crippen LogP contribution in [0.25, 0.3) is 0 Å². The standard InChI is InChI=1S/C17H21NO4/c19-17(16-10-21-13-3-1-2-4-14(13)22-16)18-12-7-8-20-15(9-12)11-5-6-11/h1-4,11-12,15-16H,5-10H2,(H,18,19)/t12-,15-,16-/m1/s1. The van der Waals surface area contributed by atoms with Crippen molar-refractivity contribution in [2.75, 3.05) is 13.2 Å². The zero-order valence-corrected chi connectivity index (χ0v) is 12.5. The first-order valence-electron chi connectivity index (χ1n) is 8.10. The molecule has 0 aromatic heterocycles. The molecule has 0 unspecified atom stereocenters. The number of nitrogens with one attached hydrogen (secondary N) is 1. The Labute approximate surface area is 129 Å². The Bertz CT molecular complexity index is 557. The Morgan fingerprint density at radius 2 is 1.95 bits per heavy atom. The van der Waals surface area contributed by atoms with Crippen molar-refractivity contribution in [3.8, 4) is 11.5 Å². The number of hydrogen-bond acceptors (Lipinski definition) is 4. The van der Waals surface area contributed by atoms with E-state index < -0.39 is 6.10 Å². The summed E-state index contributed by atoms with van der Waals surface area (Å²) in [5, 5.41) is 3.11. The van der Waals surface area contributed by atoms with Crippen molar-refractivity contribution in [3.05, 3.63) is 24.3 Å². The van der Waals surface area contributed by atoms with Crippen molar-refractivity contribution in [1.82, 2.24) is 5.32 Å². The third-order valence-electron chi connectivity index (χ3n) is 4.61. The van der Waals surface area contributed by atoms with Gasteiger partial charge in [0.2, 0.25) is 6.10 Å². The van der Waals surface area contributed by atoms with Crippen LogP contribution in [0.5, 0.6) is 11.5 Å². The summed E-state index contributed by atoms with van der Waals surface area (Å²) in [5.74, 6) is 1.96. The summed E-state index contributed by atoms with van der Waals surface area (Å²) in [6.45, 7) is 0.995. The predicted octanol–water partition coefficient (Wildman–Crippen LogP) is 1.90. The van der Waals surface area contributed by atoms with E-state index in [9.17, 15) is 4.79 Å². The van der Waals surface area contributed by atoms with Crippen LogP contribution in [-0.2, 0) is 9.53 Å². The molecule has 1 N–H and O–H groups in total. The second kappa shape index (κ2) is 5.80. The molecule has 4 rings (SSSR count). The van der Waals surface area contributed by atoms with Crippen molar-refractivity contribution in [1.29, 1.82) is 0 Å². The summed E-state index contributed by atoms with van der Waals surface area (Å²) in [6.07, 6.45) is 4.07. The molecule has 0 radical (unpaired) electrons. The van der Waals surface area contributed by atoms with Gasteiger partial charge in [-0.1, -0.05) is 12.1 Å². The molecule has 1 aliphatic carbocycles. The number of rotatable bonds is 3. The Hall–Kier alpha value is -1.75. The molecule has 0 spiro atoms. The molecule has 2 heterocycles. The summed E-state index contributed by atoms with van der Waals surface area (Å²) in [6, 6.07) is 7.63. The Balaban J connectivity index is 1.34. The summed E-state index contributed by atoms with van der Waals surface area (Å²) in [4.78, 5) is 12.4. The first-order valence-corrected chi connectivity index (χ1v) is 8.10. The lowest BCUT2D eigenvalue weighted by Gasteiger charge is -2.32. The topological polar surface area (TPSA) is 56.8 Å². The molecule has 2 fully saturated rings. The maximum Gasteiger partial charge on any atom is 0.264 e. The van der Waals surface area contributed by atoms with E-state index >= 15 is 0 Å². The first-order chi connectivity index (χ1) is 10.8. The van der Waals surface area contributed by atoms with Gasteiger partial charge in [-0.3, -0.25) is 4.79 Å². The van der Waals surface area contributed by atoms with Crippen LogP contribution < -0.4 is 14.8 Å². The van der Waals surface area contributed by atoms with Crippen LogP contribution in [0.1, 0.15) is 25.7 Å². The van der Waals surface area contributed by atoms with Gasteiger partial charge in [-0.15, -0.1) is 0 Å². The number of benzene rings is 1. The highest BCUT2D eigenvalue weighted by molar-refractivity contribution is 5.82. The minimum absolute atomic E-state index is 0.0871. The van der Waals surface area contributed by atoms with Gasteiger partial charge in [0, 0.05) is 12.6 Å². The molecule has 1 saturated carbocycles. The largest absolute Gasteiger partial charge is 0.485 e. The van der Waals surface area contributed by atoms with Gasteiger partial charge in [-0.05, 0) is 43.7 Å². The van der Waals surface area contributed by atoms with Crippen LogP contribution in [0, 0.1) is 5.92 Å². The van der Waals surface area contributed by atoms with Crippen LogP contribution in [0.15, 0.2) is 24.3 Å². The quantitative estimate of drug-likeness (QED) is 0.926. The van der Waals surface area contributed by atoms with Gasteiger partial charge >= 0.3 is 0 Å². The molecule has 5 heteroatoms. The van der Waals surface area contributed by atoms with Crippen LogP contribution in [0.4, 0.5) is 0 Å². The maximum atomic E-state index is 12.4. The van der Waals surface area contributed by atoms with Gasteiger partial charge < -0.3 is 19.5 Å². The fraction of sp³-hybridized carbons (Fsp3) is 0.588. The minimum Gasteiger partial charge on any atom is -0.485 e. The van der Waals surface area contributed by atoms with E-state index in [4.69, 9.17) is 14.2 Å². The number of hydrogen-bond donors (Lipinski definition) is 1. The third-order valence-corrected chi connectivity index (χ3v) is 4.61. The van der Waals surface area contributed by atoms with Crippen LogP contribution in [0.3, 0.4) is 0 Å². The zero-order valence-electron chi connectivity index (χ0n) is 12.5. The number of para-hydroxylation sites is 2. The second-order valence-corrected chi connectivity index (χ2v) is 6.34. The lowest BCUT2D eigenvalue weighted by atomic mass is 10.00. The van der Waals surface area contributed by atoms with Gasteiger partial charge in [-0.25, -0.2) is 0 Å². The average molecular weight is 303 g/mol. The second-order valence-electron chi connectivity index (χ2n) is 6.34. The van der Waals surface area contributed by atoms with Gasteiger partial charge in [-0.2, -0.15) is 0 Å². The average Bonchev–Trinajstić information content (AvgIpc) is 3.39.